The van der Waals surface area contributed by atoms with Gasteiger partial charge in [-0.15, -0.1) is 0 Å². The summed E-state index contributed by atoms with van der Waals surface area (Å²) in [6, 6.07) is 4.73. The lowest BCUT2D eigenvalue weighted by molar-refractivity contribution is 0.457. The van der Waals surface area contributed by atoms with Crippen LogP contribution in [0.25, 0.3) is 0 Å². The second-order valence-corrected chi connectivity index (χ2v) is 5.62. The van der Waals surface area contributed by atoms with Gasteiger partial charge in [0.25, 0.3) is 0 Å². The first-order valence-corrected chi connectivity index (χ1v) is 6.89. The molecule has 0 spiro atoms. The minimum Gasteiger partial charge on any atom is -0.468 e. The third-order valence-corrected chi connectivity index (χ3v) is 4.04. The molecule has 1 heterocycles. The van der Waals surface area contributed by atoms with Crippen LogP contribution in [0, 0.1) is 11.6 Å². The van der Waals surface area contributed by atoms with Gasteiger partial charge in [-0.3, -0.25) is 0 Å². The summed E-state index contributed by atoms with van der Waals surface area (Å²) >= 11 is 0. The maximum Gasteiger partial charge on any atom is 0.244 e. The molecule has 0 fully saturated rings. The molecule has 2 rings (SSSR count). The average molecular weight is 287 g/mol. The van der Waals surface area contributed by atoms with Crippen LogP contribution in [0.5, 0.6) is 0 Å². The van der Waals surface area contributed by atoms with Gasteiger partial charge >= 0.3 is 0 Å². The third kappa shape index (κ3) is 2.99. The molecule has 0 saturated heterocycles. The van der Waals surface area contributed by atoms with Gasteiger partial charge in [-0.2, -0.15) is 0 Å². The number of furan rings is 1. The molecule has 19 heavy (non-hydrogen) atoms. The number of rotatable bonds is 4. The van der Waals surface area contributed by atoms with E-state index in [9.17, 15) is 17.2 Å². The van der Waals surface area contributed by atoms with E-state index in [4.69, 9.17) is 4.42 Å². The van der Waals surface area contributed by atoms with Crippen LogP contribution in [0.4, 0.5) is 8.78 Å². The molecule has 1 aromatic heterocycles. The summed E-state index contributed by atoms with van der Waals surface area (Å²) in [7, 11) is -4.16. The van der Waals surface area contributed by atoms with E-state index in [2.05, 4.69) is 4.72 Å². The number of nitrogens with one attached hydrogen (secondary N) is 1. The topological polar surface area (TPSA) is 59.3 Å². The van der Waals surface area contributed by atoms with Crippen molar-refractivity contribution in [2.75, 3.05) is 0 Å². The Morgan fingerprint density at radius 1 is 1.26 bits per heavy atom. The summed E-state index contributed by atoms with van der Waals surface area (Å²) in [5, 5.41) is 0. The highest BCUT2D eigenvalue weighted by atomic mass is 32.2. The lowest BCUT2D eigenvalue weighted by Gasteiger charge is -2.12. The Morgan fingerprint density at radius 3 is 2.63 bits per heavy atom. The molecule has 0 amide bonds. The van der Waals surface area contributed by atoms with Crippen molar-refractivity contribution in [3.63, 3.8) is 0 Å². The standard InChI is InChI=1S/C12H11F2NO3S/c1-8(11-3-2-6-18-11)15-19(16,17)12-7-9(13)4-5-10(12)14/h2-8,15H,1H3/t8-/m1/s1. The maximum absolute atomic E-state index is 13.4. The summed E-state index contributed by atoms with van der Waals surface area (Å²) < 4.78 is 57.6. The highest BCUT2D eigenvalue weighted by molar-refractivity contribution is 7.89. The van der Waals surface area contributed by atoms with Crippen molar-refractivity contribution in [2.24, 2.45) is 0 Å². The molecular weight excluding hydrogens is 276 g/mol. The molecule has 0 bridgehead atoms. The highest BCUT2D eigenvalue weighted by Crippen LogP contribution is 2.20. The summed E-state index contributed by atoms with van der Waals surface area (Å²) in [5.41, 5.74) is 0. The molecule has 4 nitrogen and oxygen atoms in total. The fourth-order valence-electron chi connectivity index (χ4n) is 1.58. The molecule has 1 N–H and O–H groups in total. The lowest BCUT2D eigenvalue weighted by atomic mass is 10.3. The van der Waals surface area contributed by atoms with Crippen molar-refractivity contribution in [3.8, 4) is 0 Å². The Balaban J connectivity index is 2.30. The first-order chi connectivity index (χ1) is 8.90. The fraction of sp³-hybridized carbons (Fsp3) is 0.167. The Labute approximate surface area is 109 Å². The maximum atomic E-state index is 13.4. The minimum atomic E-state index is -4.16. The zero-order valence-electron chi connectivity index (χ0n) is 9.93. The van der Waals surface area contributed by atoms with Gasteiger partial charge in [0.2, 0.25) is 10.0 Å². The molecule has 1 atom stereocenters. The number of halogens is 2. The van der Waals surface area contributed by atoms with Crippen LogP contribution >= 0.6 is 0 Å². The third-order valence-electron chi connectivity index (χ3n) is 2.48. The van der Waals surface area contributed by atoms with Crippen LogP contribution in [0.2, 0.25) is 0 Å². The monoisotopic (exact) mass is 287 g/mol. The predicted molar refractivity (Wildman–Crippen MR) is 63.8 cm³/mol. The summed E-state index contributed by atoms with van der Waals surface area (Å²) in [6.07, 6.45) is 1.39. The van der Waals surface area contributed by atoms with E-state index in [1.807, 2.05) is 0 Å². The van der Waals surface area contributed by atoms with Crippen LogP contribution in [0.1, 0.15) is 18.7 Å². The number of benzene rings is 1. The van der Waals surface area contributed by atoms with Crippen LogP contribution < -0.4 is 4.72 Å². The Hall–Kier alpha value is -1.73. The Morgan fingerprint density at radius 2 is 2.00 bits per heavy atom. The summed E-state index contributed by atoms with van der Waals surface area (Å²) in [6.45, 7) is 1.54. The van der Waals surface area contributed by atoms with Crippen molar-refractivity contribution >= 4 is 10.0 Å². The molecule has 0 radical (unpaired) electrons. The van der Waals surface area contributed by atoms with Crippen LogP contribution in [0.15, 0.2) is 45.9 Å². The first kappa shape index (κ1) is 13.7. The SMILES string of the molecule is C[C@@H](NS(=O)(=O)c1cc(F)ccc1F)c1ccco1. The molecule has 1 aromatic carbocycles. The zero-order chi connectivity index (χ0) is 14.0. The van der Waals surface area contributed by atoms with Crippen molar-refractivity contribution < 1.29 is 21.6 Å². The fourth-order valence-corrected chi connectivity index (χ4v) is 2.88. The van der Waals surface area contributed by atoms with E-state index >= 15 is 0 Å². The average Bonchev–Trinajstić information content (AvgIpc) is 2.85. The highest BCUT2D eigenvalue weighted by Gasteiger charge is 2.23. The van der Waals surface area contributed by atoms with Crippen molar-refractivity contribution in [2.45, 2.75) is 17.9 Å². The Bertz CT molecular complexity index is 668. The van der Waals surface area contributed by atoms with Crippen molar-refractivity contribution in [1.82, 2.24) is 4.72 Å². The van der Waals surface area contributed by atoms with Crippen molar-refractivity contribution in [3.05, 3.63) is 54.0 Å². The minimum absolute atomic E-state index is 0.375. The molecule has 0 saturated carbocycles. The van der Waals surface area contributed by atoms with Gasteiger partial charge in [0.1, 0.15) is 22.3 Å². The molecule has 102 valence electrons. The van der Waals surface area contributed by atoms with Gasteiger partial charge in [0.05, 0.1) is 12.3 Å². The molecular formula is C12H11F2NO3S. The van der Waals surface area contributed by atoms with Crippen LogP contribution in [-0.2, 0) is 10.0 Å². The van der Waals surface area contributed by atoms with E-state index in [1.54, 1.807) is 12.1 Å². The lowest BCUT2D eigenvalue weighted by Crippen LogP contribution is -2.27. The second kappa shape index (κ2) is 5.10. The van der Waals surface area contributed by atoms with Gasteiger partial charge in [-0.05, 0) is 37.3 Å². The second-order valence-electron chi connectivity index (χ2n) is 3.93. The number of hydrogen-bond acceptors (Lipinski definition) is 3. The molecule has 2 aromatic rings. The van der Waals surface area contributed by atoms with E-state index < -0.39 is 32.6 Å². The van der Waals surface area contributed by atoms with E-state index in [-0.39, 0.29) is 0 Å². The van der Waals surface area contributed by atoms with Gasteiger partial charge in [-0.25, -0.2) is 21.9 Å². The molecule has 0 aliphatic carbocycles. The van der Waals surface area contributed by atoms with Crippen LogP contribution in [-0.4, -0.2) is 8.42 Å². The first-order valence-electron chi connectivity index (χ1n) is 5.41. The summed E-state index contributed by atoms with van der Waals surface area (Å²) in [4.78, 5) is -0.731. The molecule has 7 heteroatoms. The quantitative estimate of drug-likeness (QED) is 0.940. The molecule has 0 unspecified atom stereocenters. The van der Waals surface area contributed by atoms with E-state index in [1.165, 1.54) is 13.2 Å². The number of hydrogen-bond donors (Lipinski definition) is 1. The van der Waals surface area contributed by atoms with Crippen LogP contribution in [0.3, 0.4) is 0 Å². The van der Waals surface area contributed by atoms with E-state index in [0.29, 0.717) is 11.8 Å². The van der Waals surface area contributed by atoms with Gasteiger partial charge < -0.3 is 4.42 Å². The van der Waals surface area contributed by atoms with Crippen molar-refractivity contribution in [1.29, 1.82) is 0 Å². The van der Waals surface area contributed by atoms with E-state index in [0.717, 1.165) is 12.1 Å². The summed E-state index contributed by atoms with van der Waals surface area (Å²) in [5.74, 6) is -1.46. The largest absolute Gasteiger partial charge is 0.468 e. The van der Waals surface area contributed by atoms with Gasteiger partial charge in [-0.1, -0.05) is 0 Å². The molecule has 0 aliphatic heterocycles. The van der Waals surface area contributed by atoms with Gasteiger partial charge in [0.15, 0.2) is 0 Å². The molecule has 0 aliphatic rings. The predicted octanol–water partition coefficient (Wildman–Crippen LogP) is 2.60. The zero-order valence-corrected chi connectivity index (χ0v) is 10.7. The van der Waals surface area contributed by atoms with Gasteiger partial charge in [0, 0.05) is 0 Å². The number of sulfonamides is 1. The normalized spacial score (nSPS) is 13.4. The Kier molecular flexibility index (Phi) is 3.68. The smallest absolute Gasteiger partial charge is 0.244 e.